The number of ether oxygens (including phenoxy) is 4. The van der Waals surface area contributed by atoms with Gasteiger partial charge in [-0.1, -0.05) is 343 Å². The molecule has 2 unspecified atom stereocenters. The van der Waals surface area contributed by atoms with E-state index in [4.69, 9.17) is 37.0 Å². The van der Waals surface area contributed by atoms with Crippen LogP contribution in [0.4, 0.5) is 0 Å². The van der Waals surface area contributed by atoms with E-state index in [1.165, 1.54) is 212 Å². The molecule has 0 aliphatic heterocycles. The molecule has 0 aromatic rings. The van der Waals surface area contributed by atoms with E-state index in [1.54, 1.807) is 0 Å². The zero-order valence-electron chi connectivity index (χ0n) is 61.1. The number of phosphoric ester groups is 2. The van der Waals surface area contributed by atoms with Gasteiger partial charge in [-0.25, -0.2) is 9.13 Å². The Morgan fingerprint density at radius 1 is 0.287 bits per heavy atom. The van der Waals surface area contributed by atoms with Crippen LogP contribution < -0.4 is 0 Å². The van der Waals surface area contributed by atoms with E-state index < -0.39 is 97.5 Å². The Labute approximate surface area is 575 Å². The maximum atomic E-state index is 13.1. The van der Waals surface area contributed by atoms with Crippen molar-refractivity contribution in [3.05, 3.63) is 0 Å². The average molecular weight is 1380 g/mol. The Bertz CT molecular complexity index is 1810. The van der Waals surface area contributed by atoms with E-state index in [-0.39, 0.29) is 25.7 Å². The van der Waals surface area contributed by atoms with Crippen LogP contribution in [0.2, 0.25) is 0 Å². The largest absolute Gasteiger partial charge is 0.472 e. The third-order valence-electron chi connectivity index (χ3n) is 17.5. The fourth-order valence-corrected chi connectivity index (χ4v) is 13.1. The van der Waals surface area contributed by atoms with Gasteiger partial charge in [0.15, 0.2) is 12.2 Å². The summed E-state index contributed by atoms with van der Waals surface area (Å²) in [5.74, 6) is -1.44. The van der Waals surface area contributed by atoms with Gasteiger partial charge in [0.1, 0.15) is 19.3 Å². The van der Waals surface area contributed by atoms with Gasteiger partial charge in [0.05, 0.1) is 26.4 Å². The van der Waals surface area contributed by atoms with Gasteiger partial charge in [-0.3, -0.25) is 37.3 Å². The minimum Gasteiger partial charge on any atom is -0.462 e. The van der Waals surface area contributed by atoms with Crippen molar-refractivity contribution in [1.82, 2.24) is 0 Å². The van der Waals surface area contributed by atoms with Crippen LogP contribution in [0, 0.1) is 5.92 Å². The highest BCUT2D eigenvalue weighted by Crippen LogP contribution is 2.45. The molecule has 0 spiro atoms. The van der Waals surface area contributed by atoms with Crippen molar-refractivity contribution in [3.8, 4) is 0 Å². The number of carbonyl (C=O) groups is 4. The van der Waals surface area contributed by atoms with Crippen LogP contribution >= 0.6 is 15.6 Å². The van der Waals surface area contributed by atoms with Gasteiger partial charge in [0.2, 0.25) is 0 Å². The normalized spacial score (nSPS) is 14.0. The van der Waals surface area contributed by atoms with Crippen LogP contribution in [0.5, 0.6) is 0 Å². The molecule has 0 heterocycles. The summed E-state index contributed by atoms with van der Waals surface area (Å²) >= 11 is 0. The van der Waals surface area contributed by atoms with Crippen LogP contribution in [0.1, 0.15) is 394 Å². The molecule has 94 heavy (non-hydrogen) atoms. The van der Waals surface area contributed by atoms with Crippen molar-refractivity contribution in [2.45, 2.75) is 412 Å². The summed E-state index contributed by atoms with van der Waals surface area (Å²) < 4.78 is 68.4. The molecule has 0 saturated heterocycles. The van der Waals surface area contributed by atoms with Gasteiger partial charge < -0.3 is 33.8 Å². The molecule has 3 N–H and O–H groups in total. The van der Waals surface area contributed by atoms with Gasteiger partial charge in [0.25, 0.3) is 0 Å². The highest BCUT2D eigenvalue weighted by molar-refractivity contribution is 7.47. The molecule has 0 bridgehead atoms. The smallest absolute Gasteiger partial charge is 0.462 e. The molecule has 5 atom stereocenters. The highest BCUT2D eigenvalue weighted by Gasteiger charge is 2.30. The molecule has 0 aliphatic rings. The first-order valence-electron chi connectivity index (χ1n) is 39.1. The Morgan fingerprint density at radius 2 is 0.489 bits per heavy atom. The third kappa shape index (κ3) is 68.6. The van der Waals surface area contributed by atoms with Gasteiger partial charge in [0, 0.05) is 25.7 Å². The Morgan fingerprint density at radius 3 is 0.723 bits per heavy atom. The standard InChI is InChI=1S/C75H146O17P2/c1-6-9-12-15-18-21-24-26-27-28-29-30-31-32-33-34-36-38-41-44-51-56-61-75(80)91-70(64-85-72(77)58-53-48-42-40-37-35-25-22-19-16-13-10-7-2)66-89-93(81,82)87-62-69(76)63-88-94(83,84)90-67-71(65-86-73(78)59-54-49-46-45-47-52-57-68(4)5)92-74(79)60-55-50-43-39-23-20-17-14-11-8-3/h68-71,76H,6-67H2,1-5H3,(H,81,82)(H,83,84)/t69-,70-,71-/m1/s1. The quantitative estimate of drug-likeness (QED) is 0.0222. The average Bonchev–Trinajstić information content (AvgIpc) is 1.27. The second kappa shape index (κ2) is 68.2. The summed E-state index contributed by atoms with van der Waals surface area (Å²) in [5.41, 5.74) is 0. The predicted molar refractivity (Wildman–Crippen MR) is 382 cm³/mol. The fraction of sp³-hybridized carbons (Fsp3) is 0.947. The molecule has 0 amide bonds. The zero-order chi connectivity index (χ0) is 69.1. The molecule has 0 aliphatic carbocycles. The predicted octanol–water partition coefficient (Wildman–Crippen LogP) is 22.1. The first kappa shape index (κ1) is 92.1. The lowest BCUT2D eigenvalue weighted by Crippen LogP contribution is -2.30. The molecular formula is C75H146O17P2. The van der Waals surface area contributed by atoms with Crippen molar-refractivity contribution in [2.75, 3.05) is 39.6 Å². The van der Waals surface area contributed by atoms with E-state index in [9.17, 15) is 43.2 Å². The Hall–Kier alpha value is -1.94. The summed E-state index contributed by atoms with van der Waals surface area (Å²) in [5, 5.41) is 10.6. The van der Waals surface area contributed by atoms with Crippen LogP contribution in [0.3, 0.4) is 0 Å². The number of aliphatic hydroxyl groups is 1. The highest BCUT2D eigenvalue weighted by atomic mass is 31.2. The van der Waals surface area contributed by atoms with E-state index in [1.807, 2.05) is 0 Å². The van der Waals surface area contributed by atoms with Crippen molar-refractivity contribution in [1.29, 1.82) is 0 Å². The van der Waals surface area contributed by atoms with E-state index in [0.29, 0.717) is 31.6 Å². The molecule has 19 heteroatoms. The second-order valence-electron chi connectivity index (χ2n) is 27.5. The molecule has 0 saturated carbocycles. The SMILES string of the molecule is CCCCCCCCCCCCCCCCCCCCCCCCC(=O)O[C@H](COC(=O)CCCCCCCCCCCCCCC)COP(=O)(O)OC[C@@H](O)COP(=O)(O)OC[C@@H](COC(=O)CCCCCCCCC(C)C)OC(=O)CCCCCCCCCCCC. The van der Waals surface area contributed by atoms with Crippen molar-refractivity contribution in [2.24, 2.45) is 5.92 Å². The second-order valence-corrected chi connectivity index (χ2v) is 30.4. The summed E-state index contributed by atoms with van der Waals surface area (Å²) in [4.78, 5) is 72.6. The topological polar surface area (TPSA) is 237 Å². The lowest BCUT2D eigenvalue weighted by atomic mass is 10.0. The number of aliphatic hydroxyl groups excluding tert-OH is 1. The summed E-state index contributed by atoms with van der Waals surface area (Å²) in [6, 6.07) is 0. The molecule has 0 fully saturated rings. The summed E-state index contributed by atoms with van der Waals surface area (Å²) in [7, 11) is -9.90. The van der Waals surface area contributed by atoms with Crippen molar-refractivity contribution in [3.63, 3.8) is 0 Å². The molecule has 0 rings (SSSR count). The fourth-order valence-electron chi connectivity index (χ4n) is 11.5. The van der Waals surface area contributed by atoms with Crippen LogP contribution in [-0.2, 0) is 65.4 Å². The molecular weight excluding hydrogens is 1230 g/mol. The number of carbonyl (C=O) groups excluding carboxylic acids is 4. The number of phosphoric acid groups is 2. The monoisotopic (exact) mass is 1380 g/mol. The Balaban J connectivity index is 5.15. The number of unbranched alkanes of at least 4 members (excludes halogenated alkanes) is 47. The van der Waals surface area contributed by atoms with Crippen molar-refractivity contribution < 1.29 is 80.2 Å². The number of esters is 4. The van der Waals surface area contributed by atoms with Crippen LogP contribution in [0.25, 0.3) is 0 Å². The molecule has 558 valence electrons. The zero-order valence-corrected chi connectivity index (χ0v) is 62.9. The molecule has 0 aromatic carbocycles. The molecule has 0 radical (unpaired) electrons. The Kier molecular flexibility index (Phi) is 66.8. The lowest BCUT2D eigenvalue weighted by Gasteiger charge is -2.21. The number of hydrogen-bond acceptors (Lipinski definition) is 15. The summed E-state index contributed by atoms with van der Waals surface area (Å²) in [6.45, 7) is 7.18. The van der Waals surface area contributed by atoms with Gasteiger partial charge in [-0.2, -0.15) is 0 Å². The van der Waals surface area contributed by atoms with E-state index >= 15 is 0 Å². The van der Waals surface area contributed by atoms with Gasteiger partial charge in [-0.05, 0) is 31.6 Å². The minimum atomic E-state index is -4.95. The molecule has 0 aromatic heterocycles. The first-order chi connectivity index (χ1) is 45.5. The first-order valence-corrected chi connectivity index (χ1v) is 42.1. The minimum absolute atomic E-state index is 0.106. The maximum absolute atomic E-state index is 13.1. The van der Waals surface area contributed by atoms with Crippen LogP contribution in [-0.4, -0.2) is 96.7 Å². The summed E-state index contributed by atoms with van der Waals surface area (Å²) in [6.07, 6.45) is 57.2. The third-order valence-corrected chi connectivity index (χ3v) is 19.4. The van der Waals surface area contributed by atoms with Crippen molar-refractivity contribution >= 4 is 39.5 Å². The van der Waals surface area contributed by atoms with Crippen LogP contribution in [0.15, 0.2) is 0 Å². The van der Waals surface area contributed by atoms with E-state index in [2.05, 4.69) is 34.6 Å². The lowest BCUT2D eigenvalue weighted by molar-refractivity contribution is -0.161. The number of hydrogen-bond donors (Lipinski definition) is 3. The van der Waals surface area contributed by atoms with E-state index in [0.717, 1.165) is 96.3 Å². The molecule has 17 nitrogen and oxygen atoms in total. The number of rotatable bonds is 75. The maximum Gasteiger partial charge on any atom is 0.472 e. The van der Waals surface area contributed by atoms with Gasteiger partial charge >= 0.3 is 39.5 Å². The van der Waals surface area contributed by atoms with Gasteiger partial charge in [-0.15, -0.1) is 0 Å².